The molecule has 0 amide bonds. The highest BCUT2D eigenvalue weighted by Crippen LogP contribution is 2.14. The van der Waals surface area contributed by atoms with Crippen LogP contribution in [0.1, 0.15) is 129 Å². The van der Waals surface area contributed by atoms with Crippen molar-refractivity contribution in [3.63, 3.8) is 0 Å². The molecule has 0 aromatic carbocycles. The zero-order valence-electron chi connectivity index (χ0n) is 17.5. The molecule has 0 aromatic rings. The number of hydrogen-bond acceptors (Lipinski definition) is 3. The lowest BCUT2D eigenvalue weighted by Gasteiger charge is -2.03. The van der Waals surface area contributed by atoms with Crippen LogP contribution in [-0.2, 0) is 9.63 Å². The molecule has 2 N–H and O–H groups in total. The summed E-state index contributed by atoms with van der Waals surface area (Å²) >= 11 is 0. The summed E-state index contributed by atoms with van der Waals surface area (Å²) in [6.07, 6.45) is 29.3. The summed E-state index contributed by atoms with van der Waals surface area (Å²) in [6, 6.07) is 0. The van der Waals surface area contributed by atoms with Crippen LogP contribution >= 0.6 is 0 Å². The molecule has 0 saturated carbocycles. The second-order valence-corrected chi connectivity index (χ2v) is 7.64. The Balaban J connectivity index is 3.05. The average Bonchev–Trinajstić information content (AvgIpc) is 2.66. The van der Waals surface area contributed by atoms with Crippen LogP contribution in [0.3, 0.4) is 0 Å². The zero-order chi connectivity index (χ0) is 19.1. The molecule has 0 fully saturated rings. The number of unbranched alkanes of at least 4 members (excludes halogenated alkanes) is 18. The summed E-state index contributed by atoms with van der Waals surface area (Å²) in [6.45, 7) is 2.28. The van der Waals surface area contributed by atoms with Gasteiger partial charge in [-0.2, -0.15) is 5.90 Å². The highest BCUT2D eigenvalue weighted by atomic mass is 16.7. The van der Waals surface area contributed by atoms with Gasteiger partial charge < -0.3 is 4.84 Å². The molecule has 0 aliphatic carbocycles. The number of allylic oxidation sites excluding steroid dienone is 1. The van der Waals surface area contributed by atoms with E-state index in [2.05, 4.69) is 11.8 Å². The number of nitrogens with two attached hydrogens (primary N) is 1. The second-order valence-electron chi connectivity index (χ2n) is 7.64. The normalized spacial score (nSPS) is 11.3. The number of hydrogen-bond donors (Lipinski definition) is 1. The Morgan fingerprint density at radius 2 is 1.00 bits per heavy atom. The molecule has 0 aromatic heterocycles. The van der Waals surface area contributed by atoms with E-state index in [-0.39, 0.29) is 0 Å². The van der Waals surface area contributed by atoms with Gasteiger partial charge in [0, 0.05) is 6.08 Å². The third-order valence-electron chi connectivity index (χ3n) is 5.09. The highest BCUT2D eigenvalue weighted by Gasteiger charge is 1.95. The van der Waals surface area contributed by atoms with Crippen LogP contribution in [-0.4, -0.2) is 5.97 Å². The maximum Gasteiger partial charge on any atom is 0.348 e. The first-order valence-electron chi connectivity index (χ1n) is 11.4. The summed E-state index contributed by atoms with van der Waals surface area (Å²) < 4.78 is 0. The van der Waals surface area contributed by atoms with Crippen LogP contribution in [0.5, 0.6) is 0 Å². The molecule has 154 valence electrons. The van der Waals surface area contributed by atoms with Gasteiger partial charge in [0.2, 0.25) is 0 Å². The van der Waals surface area contributed by atoms with Crippen molar-refractivity contribution < 1.29 is 9.63 Å². The number of rotatable bonds is 20. The van der Waals surface area contributed by atoms with Crippen LogP contribution < -0.4 is 5.90 Å². The lowest BCUT2D eigenvalue weighted by Crippen LogP contribution is -2.05. The minimum atomic E-state index is -0.465. The van der Waals surface area contributed by atoms with E-state index in [4.69, 9.17) is 5.90 Å². The minimum absolute atomic E-state index is 0.465. The molecular formula is C23H45NO2. The second kappa shape index (κ2) is 22.2. The molecule has 0 heterocycles. The van der Waals surface area contributed by atoms with E-state index >= 15 is 0 Å². The van der Waals surface area contributed by atoms with Gasteiger partial charge in [-0.1, -0.05) is 122 Å². The Hall–Kier alpha value is -0.830. The van der Waals surface area contributed by atoms with Crippen LogP contribution in [0.4, 0.5) is 0 Å². The monoisotopic (exact) mass is 367 g/mol. The van der Waals surface area contributed by atoms with Gasteiger partial charge in [0.05, 0.1) is 0 Å². The van der Waals surface area contributed by atoms with Gasteiger partial charge in [-0.05, 0) is 12.8 Å². The van der Waals surface area contributed by atoms with Crippen molar-refractivity contribution >= 4 is 5.97 Å². The maximum absolute atomic E-state index is 10.8. The Kier molecular flexibility index (Phi) is 21.5. The van der Waals surface area contributed by atoms with Crippen LogP contribution in [0.25, 0.3) is 0 Å². The van der Waals surface area contributed by atoms with Crippen LogP contribution in [0.15, 0.2) is 12.2 Å². The molecule has 3 nitrogen and oxygen atoms in total. The van der Waals surface area contributed by atoms with Crippen molar-refractivity contribution in [1.29, 1.82) is 0 Å². The third kappa shape index (κ3) is 21.2. The van der Waals surface area contributed by atoms with E-state index in [1.165, 1.54) is 115 Å². The third-order valence-corrected chi connectivity index (χ3v) is 5.09. The van der Waals surface area contributed by atoms with Gasteiger partial charge in [-0.3, -0.25) is 0 Å². The lowest BCUT2D eigenvalue weighted by molar-refractivity contribution is -0.138. The fourth-order valence-corrected chi connectivity index (χ4v) is 3.38. The molecule has 0 spiro atoms. The van der Waals surface area contributed by atoms with Gasteiger partial charge in [0.15, 0.2) is 0 Å². The first-order chi connectivity index (χ1) is 12.8. The van der Waals surface area contributed by atoms with E-state index in [0.29, 0.717) is 0 Å². The average molecular weight is 368 g/mol. The Morgan fingerprint density at radius 3 is 1.35 bits per heavy atom. The summed E-state index contributed by atoms with van der Waals surface area (Å²) in [5.41, 5.74) is 0. The molecule has 0 saturated heterocycles. The van der Waals surface area contributed by atoms with Crippen LogP contribution in [0, 0.1) is 0 Å². The topological polar surface area (TPSA) is 52.3 Å². The molecule has 0 bridgehead atoms. The van der Waals surface area contributed by atoms with Gasteiger partial charge in [-0.25, -0.2) is 4.79 Å². The van der Waals surface area contributed by atoms with E-state index in [1.807, 2.05) is 6.08 Å². The van der Waals surface area contributed by atoms with Gasteiger partial charge in [-0.15, -0.1) is 0 Å². The first kappa shape index (κ1) is 25.2. The van der Waals surface area contributed by atoms with Gasteiger partial charge >= 0.3 is 5.97 Å². The Morgan fingerprint density at radius 1 is 0.654 bits per heavy atom. The van der Waals surface area contributed by atoms with Gasteiger partial charge in [0.1, 0.15) is 0 Å². The smallest absolute Gasteiger partial charge is 0.348 e. The van der Waals surface area contributed by atoms with Gasteiger partial charge in [0.25, 0.3) is 0 Å². The molecule has 0 unspecified atom stereocenters. The molecule has 0 aliphatic rings. The summed E-state index contributed by atoms with van der Waals surface area (Å²) in [5, 5.41) is 0. The quantitative estimate of drug-likeness (QED) is 0.139. The van der Waals surface area contributed by atoms with E-state index in [1.54, 1.807) is 0 Å². The van der Waals surface area contributed by atoms with Crippen LogP contribution in [0.2, 0.25) is 0 Å². The zero-order valence-corrected chi connectivity index (χ0v) is 17.5. The molecule has 0 aliphatic heterocycles. The molecule has 3 heteroatoms. The van der Waals surface area contributed by atoms with Crippen molar-refractivity contribution in [2.75, 3.05) is 0 Å². The van der Waals surface area contributed by atoms with E-state index in [9.17, 15) is 4.79 Å². The highest BCUT2D eigenvalue weighted by molar-refractivity contribution is 5.81. The van der Waals surface area contributed by atoms with E-state index in [0.717, 1.165) is 12.8 Å². The SMILES string of the molecule is CCCCCCCCCCCCCCCCCCCC/C=C/C(=O)ON. The number of carbonyl (C=O) groups excluding carboxylic acids is 1. The van der Waals surface area contributed by atoms with Crippen molar-refractivity contribution in [2.45, 2.75) is 129 Å². The summed E-state index contributed by atoms with van der Waals surface area (Å²) in [7, 11) is 0. The van der Waals surface area contributed by atoms with Crippen molar-refractivity contribution in [3.05, 3.63) is 12.2 Å². The number of carbonyl (C=O) groups is 1. The first-order valence-corrected chi connectivity index (χ1v) is 11.4. The Labute approximate surface area is 163 Å². The fraction of sp³-hybridized carbons (Fsp3) is 0.870. The predicted molar refractivity (Wildman–Crippen MR) is 113 cm³/mol. The lowest BCUT2D eigenvalue weighted by atomic mass is 10.0. The maximum atomic E-state index is 10.8. The molecular weight excluding hydrogens is 322 g/mol. The standard InChI is InChI=1S/C23H45NO2/c1-2-3-4-5-6-7-8-9-10-11-12-13-14-15-16-17-18-19-20-21-22-23(25)26-24/h21-22H,2-20,24H2,1H3/b22-21+. The molecule has 0 rings (SSSR count). The molecule has 0 atom stereocenters. The largest absolute Gasteiger partial charge is 0.370 e. The van der Waals surface area contributed by atoms with Crippen molar-refractivity contribution in [2.24, 2.45) is 5.90 Å². The van der Waals surface area contributed by atoms with Crippen molar-refractivity contribution in [3.8, 4) is 0 Å². The predicted octanol–water partition coefficient (Wildman–Crippen LogP) is 7.39. The summed E-state index contributed by atoms with van der Waals surface area (Å²) in [4.78, 5) is 14.8. The molecule has 26 heavy (non-hydrogen) atoms. The fourth-order valence-electron chi connectivity index (χ4n) is 3.38. The summed E-state index contributed by atoms with van der Waals surface area (Å²) in [5.74, 6) is 4.29. The minimum Gasteiger partial charge on any atom is -0.370 e. The van der Waals surface area contributed by atoms with E-state index < -0.39 is 5.97 Å². The van der Waals surface area contributed by atoms with Crippen molar-refractivity contribution in [1.82, 2.24) is 0 Å². The Bertz CT molecular complexity index is 315. The molecule has 0 radical (unpaired) electrons.